The fourth-order valence-corrected chi connectivity index (χ4v) is 3.18. The van der Waals surface area contributed by atoms with E-state index < -0.39 is 5.91 Å². The minimum Gasteiger partial charge on any atom is -0.322 e. The second-order valence-electron chi connectivity index (χ2n) is 5.87. The van der Waals surface area contributed by atoms with Crippen LogP contribution in [0.3, 0.4) is 0 Å². The van der Waals surface area contributed by atoms with Crippen LogP contribution in [0.15, 0.2) is 72.8 Å². The van der Waals surface area contributed by atoms with Crippen molar-refractivity contribution in [2.75, 3.05) is 5.32 Å². The van der Waals surface area contributed by atoms with Crippen LogP contribution in [-0.2, 0) is 4.79 Å². The molecule has 0 unspecified atom stereocenters. The number of hydrogen-bond donors (Lipinski definition) is 1. The minimum atomic E-state index is -0.407. The quantitative estimate of drug-likeness (QED) is 0.369. The molecule has 28 heavy (non-hydrogen) atoms. The zero-order valence-corrected chi connectivity index (χ0v) is 16.7. The average Bonchev–Trinajstić information content (AvgIpc) is 2.69. The smallest absolute Gasteiger partial charge is 0.248 e. The Morgan fingerprint density at radius 3 is 2.21 bits per heavy atom. The van der Waals surface area contributed by atoms with Gasteiger partial charge in [0.25, 0.3) is 0 Å². The van der Waals surface area contributed by atoms with Crippen molar-refractivity contribution in [1.29, 1.82) is 0 Å². The molecule has 1 amide bonds. The van der Waals surface area contributed by atoms with Crippen molar-refractivity contribution < 1.29 is 9.59 Å². The maximum atomic E-state index is 12.8. The Bertz CT molecular complexity index is 1060. The lowest BCUT2D eigenvalue weighted by Gasteiger charge is -2.10. The summed E-state index contributed by atoms with van der Waals surface area (Å²) in [5.74, 6) is -0.640. The van der Waals surface area contributed by atoms with Crippen molar-refractivity contribution in [3.8, 4) is 0 Å². The SMILES string of the molecule is O=C(C=Cc1ccc(Cl)cc1Cl)Nc1ccc(Cl)cc1C(=O)c1ccccc1. The molecule has 3 aromatic carbocycles. The van der Waals surface area contributed by atoms with E-state index in [4.69, 9.17) is 34.8 Å². The first-order valence-corrected chi connectivity index (χ1v) is 9.41. The monoisotopic (exact) mass is 429 g/mol. The number of halogens is 3. The molecule has 0 aliphatic carbocycles. The van der Waals surface area contributed by atoms with E-state index in [1.165, 1.54) is 12.1 Å². The molecule has 3 nitrogen and oxygen atoms in total. The summed E-state index contributed by atoms with van der Waals surface area (Å²) in [6.07, 6.45) is 2.91. The topological polar surface area (TPSA) is 46.2 Å². The summed E-state index contributed by atoms with van der Waals surface area (Å²) in [5.41, 5.74) is 1.83. The van der Waals surface area contributed by atoms with E-state index in [-0.39, 0.29) is 5.78 Å². The number of anilines is 1. The molecule has 0 saturated carbocycles. The number of ketones is 1. The van der Waals surface area contributed by atoms with Crippen LogP contribution in [0.5, 0.6) is 0 Å². The van der Waals surface area contributed by atoms with Gasteiger partial charge >= 0.3 is 0 Å². The number of benzene rings is 3. The number of nitrogens with one attached hydrogen (secondary N) is 1. The first kappa shape index (κ1) is 20.2. The van der Waals surface area contributed by atoms with Gasteiger partial charge in [-0.2, -0.15) is 0 Å². The van der Waals surface area contributed by atoms with Crippen molar-refractivity contribution in [1.82, 2.24) is 0 Å². The van der Waals surface area contributed by atoms with Crippen molar-refractivity contribution >= 4 is 58.3 Å². The number of rotatable bonds is 5. The van der Waals surface area contributed by atoms with Crippen molar-refractivity contribution in [2.24, 2.45) is 0 Å². The molecule has 0 spiro atoms. The molecule has 0 bridgehead atoms. The molecular weight excluding hydrogens is 417 g/mol. The van der Waals surface area contributed by atoms with Gasteiger partial charge in [-0.25, -0.2) is 0 Å². The Morgan fingerprint density at radius 2 is 1.50 bits per heavy atom. The number of hydrogen-bond acceptors (Lipinski definition) is 2. The summed E-state index contributed by atoms with van der Waals surface area (Å²) in [6, 6.07) is 18.5. The molecule has 0 heterocycles. The van der Waals surface area contributed by atoms with Crippen LogP contribution in [0.4, 0.5) is 5.69 Å². The molecule has 3 aromatic rings. The average molecular weight is 431 g/mol. The normalized spacial score (nSPS) is 10.8. The Labute approximate surface area is 177 Å². The predicted octanol–water partition coefficient (Wildman–Crippen LogP) is 6.53. The second-order valence-corrected chi connectivity index (χ2v) is 7.15. The van der Waals surface area contributed by atoms with Crippen LogP contribution < -0.4 is 5.32 Å². The molecule has 0 radical (unpaired) electrons. The van der Waals surface area contributed by atoms with Gasteiger partial charge in [-0.05, 0) is 42.0 Å². The summed E-state index contributed by atoms with van der Waals surface area (Å²) in [6.45, 7) is 0. The molecule has 0 saturated heterocycles. The van der Waals surface area contributed by atoms with Gasteiger partial charge < -0.3 is 5.32 Å². The predicted molar refractivity (Wildman–Crippen MR) is 115 cm³/mol. The number of amides is 1. The molecule has 1 N–H and O–H groups in total. The standard InChI is InChI=1S/C22H14Cl3NO2/c23-16-9-10-20(18(12-16)22(28)15-4-2-1-3-5-15)26-21(27)11-7-14-6-8-17(24)13-19(14)25/h1-13H,(H,26,27). The lowest BCUT2D eigenvalue weighted by Crippen LogP contribution is -2.12. The molecule has 0 aliphatic rings. The van der Waals surface area contributed by atoms with Gasteiger partial charge in [0.05, 0.1) is 5.69 Å². The maximum absolute atomic E-state index is 12.8. The highest BCUT2D eigenvalue weighted by Gasteiger charge is 2.15. The Balaban J connectivity index is 1.83. The first-order chi connectivity index (χ1) is 13.4. The highest BCUT2D eigenvalue weighted by atomic mass is 35.5. The van der Waals surface area contributed by atoms with Gasteiger partial charge in [0.1, 0.15) is 0 Å². The van der Waals surface area contributed by atoms with Gasteiger partial charge in [-0.1, -0.05) is 71.2 Å². The Hall–Kier alpha value is -2.59. The number of carbonyl (C=O) groups excluding carboxylic acids is 2. The fraction of sp³-hybridized carbons (Fsp3) is 0. The van der Waals surface area contributed by atoms with E-state index in [1.54, 1.807) is 60.7 Å². The second kappa shape index (κ2) is 9.07. The largest absolute Gasteiger partial charge is 0.322 e. The van der Waals surface area contributed by atoms with E-state index in [1.807, 2.05) is 6.07 Å². The fourth-order valence-electron chi connectivity index (χ4n) is 2.53. The molecule has 0 fully saturated rings. The van der Waals surface area contributed by atoms with Gasteiger partial charge in [-0.3, -0.25) is 9.59 Å². The maximum Gasteiger partial charge on any atom is 0.248 e. The van der Waals surface area contributed by atoms with Gasteiger partial charge in [-0.15, -0.1) is 0 Å². The van der Waals surface area contributed by atoms with Crippen molar-refractivity contribution in [3.63, 3.8) is 0 Å². The summed E-state index contributed by atoms with van der Waals surface area (Å²) >= 11 is 18.0. The van der Waals surface area contributed by atoms with Crippen LogP contribution in [0.1, 0.15) is 21.5 Å². The Kier molecular flexibility index (Phi) is 6.53. The zero-order chi connectivity index (χ0) is 20.1. The molecule has 6 heteroatoms. The molecule has 0 atom stereocenters. The third kappa shape index (κ3) is 5.02. The molecule has 140 valence electrons. The molecule has 0 aliphatic heterocycles. The van der Waals surface area contributed by atoms with Gasteiger partial charge in [0.2, 0.25) is 5.91 Å². The van der Waals surface area contributed by atoms with Gasteiger partial charge in [0, 0.05) is 32.3 Å². The van der Waals surface area contributed by atoms with Crippen LogP contribution in [0.2, 0.25) is 15.1 Å². The molecule has 3 rings (SSSR count). The van der Waals surface area contributed by atoms with E-state index >= 15 is 0 Å². The van der Waals surface area contributed by atoms with E-state index in [2.05, 4.69) is 5.32 Å². The highest BCUT2D eigenvalue weighted by molar-refractivity contribution is 6.35. The highest BCUT2D eigenvalue weighted by Crippen LogP contribution is 2.25. The third-order valence-corrected chi connectivity index (χ3v) is 4.69. The van der Waals surface area contributed by atoms with Crippen LogP contribution in [0, 0.1) is 0 Å². The van der Waals surface area contributed by atoms with Crippen LogP contribution >= 0.6 is 34.8 Å². The number of carbonyl (C=O) groups is 2. The van der Waals surface area contributed by atoms with Crippen LogP contribution in [0.25, 0.3) is 6.08 Å². The minimum absolute atomic E-state index is 0.233. The third-order valence-electron chi connectivity index (χ3n) is 3.90. The first-order valence-electron chi connectivity index (χ1n) is 8.27. The van der Waals surface area contributed by atoms with Crippen LogP contribution in [-0.4, -0.2) is 11.7 Å². The Morgan fingerprint density at radius 1 is 0.821 bits per heavy atom. The van der Waals surface area contributed by atoms with Gasteiger partial charge in [0.15, 0.2) is 5.78 Å². The van der Waals surface area contributed by atoms with E-state index in [0.29, 0.717) is 37.4 Å². The summed E-state index contributed by atoms with van der Waals surface area (Å²) in [5, 5.41) is 4.06. The van der Waals surface area contributed by atoms with E-state index in [0.717, 1.165) is 0 Å². The van der Waals surface area contributed by atoms with Crippen molar-refractivity contribution in [3.05, 3.63) is 105 Å². The molecule has 0 aromatic heterocycles. The lowest BCUT2D eigenvalue weighted by molar-refractivity contribution is -0.111. The summed E-state index contributed by atoms with van der Waals surface area (Å²) in [7, 11) is 0. The van der Waals surface area contributed by atoms with E-state index in [9.17, 15) is 9.59 Å². The zero-order valence-electron chi connectivity index (χ0n) is 14.5. The summed E-state index contributed by atoms with van der Waals surface area (Å²) < 4.78 is 0. The van der Waals surface area contributed by atoms with Crippen molar-refractivity contribution in [2.45, 2.75) is 0 Å². The summed E-state index contributed by atoms with van der Waals surface area (Å²) in [4.78, 5) is 25.1. The molecular formula is C22H14Cl3NO2. The lowest BCUT2D eigenvalue weighted by atomic mass is 10.0.